The van der Waals surface area contributed by atoms with Crippen molar-refractivity contribution in [2.24, 2.45) is 0 Å². The molecule has 1 fully saturated rings. The largest absolute Gasteiger partial charge is 0.361 e. The molecule has 1 N–H and O–H groups in total. The molecule has 5 nitrogen and oxygen atoms in total. The van der Waals surface area contributed by atoms with Gasteiger partial charge in [-0.05, 0) is 13.3 Å². The molecule has 0 aromatic heterocycles. The number of morpholine rings is 1. The van der Waals surface area contributed by atoms with Crippen LogP contribution < -0.4 is 5.32 Å². The second-order valence-corrected chi connectivity index (χ2v) is 4.30. The van der Waals surface area contributed by atoms with E-state index in [9.17, 15) is 4.79 Å². The van der Waals surface area contributed by atoms with Crippen LogP contribution in [-0.2, 0) is 9.53 Å². The molecule has 2 unspecified atom stereocenters. The van der Waals surface area contributed by atoms with E-state index in [0.29, 0.717) is 19.7 Å². The number of carbonyl (C=O) groups excluding carboxylic acids is 1. The van der Waals surface area contributed by atoms with Crippen LogP contribution in [0.3, 0.4) is 0 Å². The highest BCUT2D eigenvalue weighted by molar-refractivity contribution is 5.81. The van der Waals surface area contributed by atoms with Gasteiger partial charge in [0.05, 0.1) is 18.7 Å². The minimum atomic E-state index is -0.408. The van der Waals surface area contributed by atoms with Gasteiger partial charge in [-0.2, -0.15) is 5.26 Å². The molecule has 17 heavy (non-hydrogen) atoms. The zero-order valence-corrected chi connectivity index (χ0v) is 10.6. The van der Waals surface area contributed by atoms with Gasteiger partial charge in [0.15, 0.2) is 6.10 Å². The first-order valence-corrected chi connectivity index (χ1v) is 6.22. The van der Waals surface area contributed by atoms with Crippen molar-refractivity contribution >= 4 is 5.91 Å². The number of carbonyl (C=O) groups is 1. The van der Waals surface area contributed by atoms with Crippen molar-refractivity contribution in [3.63, 3.8) is 0 Å². The lowest BCUT2D eigenvalue weighted by Crippen LogP contribution is -2.52. The molecule has 96 valence electrons. The van der Waals surface area contributed by atoms with Crippen LogP contribution in [0.2, 0.25) is 0 Å². The Kier molecular flexibility index (Phi) is 5.95. The Balaban J connectivity index is 2.37. The Morgan fingerprint density at radius 3 is 3.12 bits per heavy atom. The van der Waals surface area contributed by atoms with Crippen LogP contribution in [0.15, 0.2) is 0 Å². The van der Waals surface area contributed by atoms with E-state index in [4.69, 9.17) is 10.00 Å². The number of nitrogens with one attached hydrogen (secondary N) is 1. The van der Waals surface area contributed by atoms with Crippen molar-refractivity contribution in [3.05, 3.63) is 0 Å². The summed E-state index contributed by atoms with van der Waals surface area (Å²) in [6, 6.07) is 1.90. The molecule has 1 aliphatic heterocycles. The molecule has 1 rings (SSSR count). The van der Waals surface area contributed by atoms with Gasteiger partial charge in [-0.1, -0.05) is 13.3 Å². The molecule has 1 heterocycles. The van der Waals surface area contributed by atoms with E-state index < -0.39 is 6.10 Å². The summed E-state index contributed by atoms with van der Waals surface area (Å²) in [5, 5.41) is 11.7. The zero-order chi connectivity index (χ0) is 12.7. The smallest absolute Gasteiger partial charge is 0.237 e. The van der Waals surface area contributed by atoms with Crippen LogP contribution in [0.5, 0.6) is 0 Å². The fourth-order valence-corrected chi connectivity index (χ4v) is 1.80. The average molecular weight is 239 g/mol. The lowest BCUT2D eigenvalue weighted by molar-refractivity contribution is -0.128. The molecule has 0 radical (unpaired) electrons. The SMILES string of the molecule is CCCCNC(=O)C(C)N1CCOC(C#N)C1. The highest BCUT2D eigenvalue weighted by Gasteiger charge is 2.27. The van der Waals surface area contributed by atoms with Crippen molar-refractivity contribution in [2.75, 3.05) is 26.2 Å². The maximum atomic E-state index is 11.8. The Labute approximate surface area is 103 Å². The average Bonchev–Trinajstić information content (AvgIpc) is 2.38. The van der Waals surface area contributed by atoms with E-state index in [1.165, 1.54) is 0 Å². The number of nitrogens with zero attached hydrogens (tertiary/aromatic N) is 2. The molecule has 0 bridgehead atoms. The third kappa shape index (κ3) is 4.33. The minimum Gasteiger partial charge on any atom is -0.361 e. The molecule has 2 atom stereocenters. The lowest BCUT2D eigenvalue weighted by atomic mass is 10.2. The van der Waals surface area contributed by atoms with Gasteiger partial charge in [0, 0.05) is 19.6 Å². The second kappa shape index (κ2) is 7.25. The van der Waals surface area contributed by atoms with Crippen molar-refractivity contribution in [3.8, 4) is 6.07 Å². The van der Waals surface area contributed by atoms with Crippen LogP contribution in [0.4, 0.5) is 0 Å². The molecule has 0 aromatic carbocycles. The van der Waals surface area contributed by atoms with E-state index in [2.05, 4.69) is 18.3 Å². The topological polar surface area (TPSA) is 65.4 Å². The Morgan fingerprint density at radius 2 is 2.47 bits per heavy atom. The van der Waals surface area contributed by atoms with Gasteiger partial charge in [0.25, 0.3) is 0 Å². The molecule has 1 aliphatic rings. The number of hydrogen-bond acceptors (Lipinski definition) is 4. The molecule has 0 aliphatic carbocycles. The zero-order valence-electron chi connectivity index (χ0n) is 10.6. The number of rotatable bonds is 5. The van der Waals surface area contributed by atoms with E-state index in [-0.39, 0.29) is 11.9 Å². The maximum absolute atomic E-state index is 11.8. The fraction of sp³-hybridized carbons (Fsp3) is 0.833. The molecule has 5 heteroatoms. The quantitative estimate of drug-likeness (QED) is 0.710. The number of amides is 1. The summed E-state index contributed by atoms with van der Waals surface area (Å²) in [6.07, 6.45) is 1.67. The molecule has 0 spiro atoms. The standard InChI is InChI=1S/C12H21N3O2/c1-3-4-5-14-12(16)10(2)15-6-7-17-11(8-13)9-15/h10-11H,3-7,9H2,1-2H3,(H,14,16). The highest BCUT2D eigenvalue weighted by atomic mass is 16.5. The number of nitriles is 1. The van der Waals surface area contributed by atoms with Crippen LogP contribution >= 0.6 is 0 Å². The third-order valence-corrected chi connectivity index (χ3v) is 3.00. The molecule has 1 amide bonds. The van der Waals surface area contributed by atoms with Crippen molar-refractivity contribution in [1.82, 2.24) is 10.2 Å². The van der Waals surface area contributed by atoms with Crippen LogP contribution in [0.1, 0.15) is 26.7 Å². The molecular formula is C12H21N3O2. The Hall–Kier alpha value is -1.12. The van der Waals surface area contributed by atoms with Gasteiger partial charge in [0.1, 0.15) is 0 Å². The minimum absolute atomic E-state index is 0.0389. The number of hydrogen-bond donors (Lipinski definition) is 1. The van der Waals surface area contributed by atoms with E-state index >= 15 is 0 Å². The predicted molar refractivity (Wildman–Crippen MR) is 64.3 cm³/mol. The monoisotopic (exact) mass is 239 g/mol. The van der Waals surface area contributed by atoms with Gasteiger partial charge in [0.2, 0.25) is 5.91 Å². The third-order valence-electron chi connectivity index (χ3n) is 3.00. The molecule has 0 aromatic rings. The predicted octanol–water partition coefficient (Wildman–Crippen LogP) is 0.516. The van der Waals surface area contributed by atoms with E-state index in [1.807, 2.05) is 11.8 Å². The van der Waals surface area contributed by atoms with Gasteiger partial charge < -0.3 is 10.1 Å². The van der Waals surface area contributed by atoms with Crippen molar-refractivity contribution in [1.29, 1.82) is 5.26 Å². The summed E-state index contributed by atoms with van der Waals surface area (Å²) < 4.78 is 5.25. The van der Waals surface area contributed by atoms with E-state index in [1.54, 1.807) is 0 Å². The number of ether oxygens (including phenoxy) is 1. The first-order chi connectivity index (χ1) is 8.19. The Morgan fingerprint density at radius 1 is 1.71 bits per heavy atom. The van der Waals surface area contributed by atoms with E-state index in [0.717, 1.165) is 19.4 Å². The summed E-state index contributed by atoms with van der Waals surface area (Å²) in [4.78, 5) is 13.8. The number of unbranched alkanes of at least 4 members (excludes halogenated alkanes) is 1. The summed E-state index contributed by atoms with van der Waals surface area (Å²) >= 11 is 0. The highest BCUT2D eigenvalue weighted by Crippen LogP contribution is 2.08. The first kappa shape index (κ1) is 13.9. The van der Waals surface area contributed by atoms with Gasteiger partial charge >= 0.3 is 0 Å². The van der Waals surface area contributed by atoms with Crippen molar-refractivity contribution in [2.45, 2.75) is 38.8 Å². The summed E-state index contributed by atoms with van der Waals surface area (Å²) in [7, 11) is 0. The van der Waals surface area contributed by atoms with Gasteiger partial charge in [-0.15, -0.1) is 0 Å². The van der Waals surface area contributed by atoms with Gasteiger partial charge in [-0.25, -0.2) is 0 Å². The second-order valence-electron chi connectivity index (χ2n) is 4.30. The normalized spacial score (nSPS) is 22.8. The maximum Gasteiger partial charge on any atom is 0.237 e. The summed E-state index contributed by atoms with van der Waals surface area (Å²) in [5.74, 6) is 0.0389. The molecule has 0 saturated carbocycles. The van der Waals surface area contributed by atoms with Gasteiger partial charge in [-0.3, -0.25) is 9.69 Å². The molecule has 1 saturated heterocycles. The first-order valence-electron chi connectivity index (χ1n) is 6.22. The Bertz CT molecular complexity index is 288. The fourth-order valence-electron chi connectivity index (χ4n) is 1.80. The lowest BCUT2D eigenvalue weighted by Gasteiger charge is -2.33. The van der Waals surface area contributed by atoms with Crippen LogP contribution in [-0.4, -0.2) is 49.2 Å². The van der Waals surface area contributed by atoms with Crippen molar-refractivity contribution < 1.29 is 9.53 Å². The van der Waals surface area contributed by atoms with Crippen LogP contribution in [0.25, 0.3) is 0 Å². The van der Waals surface area contributed by atoms with Crippen LogP contribution in [0, 0.1) is 11.3 Å². The summed E-state index contributed by atoms with van der Waals surface area (Å²) in [6.45, 7) is 6.44. The summed E-state index contributed by atoms with van der Waals surface area (Å²) in [5.41, 5.74) is 0. The molecular weight excluding hydrogens is 218 g/mol.